The number of hydrogen-bond acceptors (Lipinski definition) is 4. The van der Waals surface area contributed by atoms with Crippen molar-refractivity contribution in [3.63, 3.8) is 0 Å². The molecule has 3 aromatic carbocycles. The summed E-state index contributed by atoms with van der Waals surface area (Å²) in [6.07, 6.45) is 8.75. The molecule has 40 heavy (non-hydrogen) atoms. The van der Waals surface area contributed by atoms with Crippen LogP contribution in [0.25, 0.3) is 33.1 Å². The number of aryl methyl sites for hydroxylation is 2. The number of nitrogens with zero attached hydrogens (tertiary/aromatic N) is 2. The van der Waals surface area contributed by atoms with E-state index in [9.17, 15) is 4.79 Å². The maximum atomic E-state index is 12.9. The number of carbonyl (C=O) groups is 1. The van der Waals surface area contributed by atoms with Crippen LogP contribution < -0.4 is 15.8 Å². The van der Waals surface area contributed by atoms with Crippen molar-refractivity contribution in [2.24, 2.45) is 12.8 Å². The summed E-state index contributed by atoms with van der Waals surface area (Å²) in [7, 11) is 2.03. The second-order valence-electron chi connectivity index (χ2n) is 10.3. The molecule has 5 aromatic rings. The summed E-state index contributed by atoms with van der Waals surface area (Å²) in [5.74, 6) is 0.443. The number of nitrogens with one attached hydrogen (secondary N) is 2. The van der Waals surface area contributed by atoms with E-state index in [1.807, 2.05) is 44.4 Å². The topological polar surface area (TPSA) is 98.0 Å². The highest BCUT2D eigenvalue weighted by molar-refractivity contribution is 6.34. The lowest BCUT2D eigenvalue weighted by Crippen LogP contribution is -2.25. The molecular weight excluding hydrogens is 522 g/mol. The molecule has 0 aliphatic rings. The van der Waals surface area contributed by atoms with Crippen LogP contribution in [0.5, 0.6) is 11.8 Å². The van der Waals surface area contributed by atoms with Crippen molar-refractivity contribution in [3.05, 3.63) is 76.9 Å². The van der Waals surface area contributed by atoms with Crippen LogP contribution in [-0.2, 0) is 7.05 Å². The second-order valence-corrected chi connectivity index (χ2v) is 10.7. The molecular formula is C32H36ClN5O2. The number of benzene rings is 3. The van der Waals surface area contributed by atoms with Crippen LogP contribution in [0, 0.1) is 6.92 Å². The van der Waals surface area contributed by atoms with Crippen LogP contribution in [0.3, 0.4) is 0 Å². The molecule has 0 atom stereocenters. The molecule has 0 bridgehead atoms. The number of hydrogen-bond donors (Lipinski definition) is 3. The zero-order chi connectivity index (χ0) is 28.1. The quantitative estimate of drug-likeness (QED) is 0.138. The van der Waals surface area contributed by atoms with Crippen LogP contribution >= 0.6 is 11.6 Å². The van der Waals surface area contributed by atoms with Crippen LogP contribution in [0.15, 0.2) is 60.8 Å². The van der Waals surface area contributed by atoms with Crippen molar-refractivity contribution < 1.29 is 9.53 Å². The van der Waals surface area contributed by atoms with E-state index in [1.54, 1.807) is 6.07 Å². The van der Waals surface area contributed by atoms with Gasteiger partial charge in [0.15, 0.2) is 0 Å². The highest BCUT2D eigenvalue weighted by atomic mass is 35.5. The van der Waals surface area contributed by atoms with E-state index < -0.39 is 0 Å². The Hall–Kier alpha value is -3.81. The molecule has 0 saturated heterocycles. The molecule has 7 nitrogen and oxygen atoms in total. The summed E-state index contributed by atoms with van der Waals surface area (Å²) in [4.78, 5) is 20.7. The average molecular weight is 558 g/mol. The third-order valence-electron chi connectivity index (χ3n) is 7.33. The monoisotopic (exact) mass is 557 g/mol. The van der Waals surface area contributed by atoms with Gasteiger partial charge >= 0.3 is 0 Å². The Balaban J connectivity index is 1.26. The molecule has 0 unspecified atom stereocenters. The average Bonchev–Trinajstić information content (AvgIpc) is 3.52. The number of ether oxygens (including phenoxy) is 1. The van der Waals surface area contributed by atoms with Gasteiger partial charge in [0.2, 0.25) is 0 Å². The Labute approximate surface area is 239 Å². The molecule has 208 valence electrons. The molecule has 0 radical (unpaired) electrons. The number of rotatable bonds is 12. The first-order valence-electron chi connectivity index (χ1n) is 13.9. The maximum absolute atomic E-state index is 12.9. The summed E-state index contributed by atoms with van der Waals surface area (Å²) in [6.45, 7) is 3.34. The van der Waals surface area contributed by atoms with Crippen molar-refractivity contribution >= 4 is 39.4 Å². The van der Waals surface area contributed by atoms with E-state index in [0.29, 0.717) is 28.9 Å². The zero-order valence-electron chi connectivity index (χ0n) is 23.1. The first kappa shape index (κ1) is 27.7. The summed E-state index contributed by atoms with van der Waals surface area (Å²) in [5.41, 5.74) is 11.6. The predicted octanol–water partition coefficient (Wildman–Crippen LogP) is 7.50. The van der Waals surface area contributed by atoms with Crippen molar-refractivity contribution in [3.8, 4) is 22.9 Å². The van der Waals surface area contributed by atoms with Gasteiger partial charge < -0.3 is 25.3 Å². The number of amides is 1. The van der Waals surface area contributed by atoms with Crippen LogP contribution in [0.4, 0.5) is 0 Å². The largest absolute Gasteiger partial charge is 0.426 e. The third kappa shape index (κ3) is 6.32. The zero-order valence-corrected chi connectivity index (χ0v) is 23.9. The van der Waals surface area contributed by atoms with E-state index in [-0.39, 0.29) is 5.91 Å². The molecule has 8 heteroatoms. The molecule has 2 aromatic heterocycles. The lowest BCUT2D eigenvalue weighted by molar-refractivity contribution is 0.0952. The van der Waals surface area contributed by atoms with E-state index >= 15 is 0 Å². The normalized spacial score (nSPS) is 11.4. The Morgan fingerprint density at radius 3 is 2.65 bits per heavy atom. The van der Waals surface area contributed by atoms with Crippen LogP contribution in [-0.4, -0.2) is 33.5 Å². The first-order chi connectivity index (χ1) is 19.4. The number of nitrogens with two attached hydrogens (primary N) is 1. The van der Waals surface area contributed by atoms with Gasteiger partial charge in [-0.05, 0) is 79.9 Å². The van der Waals surface area contributed by atoms with Gasteiger partial charge in [0, 0.05) is 41.8 Å². The second kappa shape index (κ2) is 12.6. The Kier molecular flexibility index (Phi) is 8.72. The van der Waals surface area contributed by atoms with Gasteiger partial charge in [0.25, 0.3) is 11.9 Å². The van der Waals surface area contributed by atoms with E-state index in [2.05, 4.69) is 44.1 Å². The van der Waals surface area contributed by atoms with Gasteiger partial charge in [-0.3, -0.25) is 4.79 Å². The van der Waals surface area contributed by atoms with E-state index in [1.165, 1.54) is 19.3 Å². The van der Waals surface area contributed by atoms with E-state index in [0.717, 1.165) is 64.4 Å². The minimum atomic E-state index is -0.0949. The number of unbranched alkanes of at least 4 members (excludes halogenated alkanes) is 5. The standard InChI is InChI=1S/C32H36ClN5O2/c1-21-9-11-24(18-25(21)31(39)35-15-8-6-4-3-5-7-14-34)40-32-36-28-19-26(27(33)20-29(28)37-32)22-10-12-30-23(17-22)13-16-38(30)2/h9-13,16-20H,3-8,14-15,34H2,1-2H3,(H,35,39)(H,36,37). The number of halogens is 1. The Bertz CT molecular complexity index is 1640. The smallest absolute Gasteiger partial charge is 0.300 e. The SMILES string of the molecule is Cc1ccc(Oc2nc3cc(-c4ccc5c(ccn5C)c4)c(Cl)cc3[nH]2)cc1C(=O)NCCCCCCCCN. The van der Waals surface area contributed by atoms with Gasteiger partial charge in [0.1, 0.15) is 5.75 Å². The fraction of sp³-hybridized carbons (Fsp3) is 0.312. The molecule has 0 aliphatic carbocycles. The Morgan fingerprint density at radius 2 is 1.82 bits per heavy atom. The molecule has 0 spiro atoms. The van der Waals surface area contributed by atoms with Gasteiger partial charge in [-0.2, -0.15) is 4.98 Å². The molecule has 2 heterocycles. The number of aromatic amines is 1. The molecule has 1 amide bonds. The number of fused-ring (bicyclic) bond motifs is 2. The summed E-state index contributed by atoms with van der Waals surface area (Å²) in [6, 6.07) is 18.1. The fourth-order valence-electron chi connectivity index (χ4n) is 5.02. The minimum absolute atomic E-state index is 0.0949. The number of carbonyl (C=O) groups excluding carboxylic acids is 1. The maximum Gasteiger partial charge on any atom is 0.300 e. The molecule has 0 saturated carbocycles. The molecule has 5 rings (SSSR count). The van der Waals surface area contributed by atoms with E-state index in [4.69, 9.17) is 22.1 Å². The fourth-order valence-corrected chi connectivity index (χ4v) is 5.29. The van der Waals surface area contributed by atoms with Gasteiger partial charge in [0.05, 0.1) is 16.1 Å². The number of aromatic nitrogens is 3. The first-order valence-corrected chi connectivity index (χ1v) is 14.3. The highest BCUT2D eigenvalue weighted by Gasteiger charge is 2.14. The van der Waals surface area contributed by atoms with Crippen molar-refractivity contribution in [2.75, 3.05) is 13.1 Å². The summed E-state index contributed by atoms with van der Waals surface area (Å²) < 4.78 is 8.14. The van der Waals surface area contributed by atoms with Crippen molar-refractivity contribution in [1.82, 2.24) is 19.9 Å². The minimum Gasteiger partial charge on any atom is -0.426 e. The number of H-pyrrole nitrogens is 1. The molecule has 0 aliphatic heterocycles. The van der Waals surface area contributed by atoms with Crippen molar-refractivity contribution in [1.29, 1.82) is 0 Å². The van der Waals surface area contributed by atoms with Gasteiger partial charge in [-0.1, -0.05) is 49.4 Å². The number of imidazole rings is 1. The molecule has 4 N–H and O–H groups in total. The lowest BCUT2D eigenvalue weighted by Gasteiger charge is -2.10. The Morgan fingerprint density at radius 1 is 1.02 bits per heavy atom. The van der Waals surface area contributed by atoms with Gasteiger partial charge in [-0.25, -0.2) is 0 Å². The highest BCUT2D eigenvalue weighted by Crippen LogP contribution is 2.34. The van der Waals surface area contributed by atoms with Crippen LogP contribution in [0.1, 0.15) is 54.4 Å². The lowest BCUT2D eigenvalue weighted by atomic mass is 10.0. The summed E-state index contributed by atoms with van der Waals surface area (Å²) in [5, 5.41) is 4.82. The van der Waals surface area contributed by atoms with Crippen molar-refractivity contribution in [2.45, 2.75) is 45.4 Å². The third-order valence-corrected chi connectivity index (χ3v) is 7.64. The van der Waals surface area contributed by atoms with Gasteiger partial charge in [-0.15, -0.1) is 0 Å². The predicted molar refractivity (Wildman–Crippen MR) is 163 cm³/mol. The summed E-state index contributed by atoms with van der Waals surface area (Å²) >= 11 is 6.68. The molecule has 0 fully saturated rings. The van der Waals surface area contributed by atoms with Crippen LogP contribution in [0.2, 0.25) is 5.02 Å².